The number of sulfonamides is 1. The lowest BCUT2D eigenvalue weighted by atomic mass is 10.1. The van der Waals surface area contributed by atoms with Crippen LogP contribution in [-0.4, -0.2) is 19.4 Å². The number of alkyl halides is 3. The summed E-state index contributed by atoms with van der Waals surface area (Å²) in [5, 5.41) is 0. The monoisotopic (exact) mass is 326 g/mol. The molecule has 1 aromatic carbocycles. The van der Waals surface area contributed by atoms with Crippen molar-refractivity contribution in [2.24, 2.45) is 5.73 Å². The van der Waals surface area contributed by atoms with E-state index < -0.39 is 32.7 Å². The summed E-state index contributed by atoms with van der Waals surface area (Å²) >= 11 is 4.62. The van der Waals surface area contributed by atoms with Crippen molar-refractivity contribution >= 4 is 27.2 Å². The molecule has 0 aliphatic carbocycles. The molecule has 0 heterocycles. The zero-order valence-electron chi connectivity index (χ0n) is 10.7. The van der Waals surface area contributed by atoms with E-state index >= 15 is 0 Å². The summed E-state index contributed by atoms with van der Waals surface area (Å²) in [5.41, 5.74) is 3.91. The van der Waals surface area contributed by atoms with E-state index in [1.807, 2.05) is 0 Å². The topological polar surface area (TPSA) is 72.2 Å². The molecule has 0 fully saturated rings. The number of thiocarbonyl (C=S) groups is 1. The molecule has 0 radical (unpaired) electrons. The Hall–Kier alpha value is -1.19. The minimum absolute atomic E-state index is 0.0989. The predicted molar refractivity (Wildman–Crippen MR) is 72.7 cm³/mol. The highest BCUT2D eigenvalue weighted by molar-refractivity contribution is 7.89. The van der Waals surface area contributed by atoms with E-state index in [1.54, 1.807) is 0 Å². The van der Waals surface area contributed by atoms with E-state index in [2.05, 4.69) is 16.9 Å². The Kier molecular flexibility index (Phi) is 4.78. The van der Waals surface area contributed by atoms with E-state index in [0.29, 0.717) is 0 Å². The van der Waals surface area contributed by atoms with Gasteiger partial charge in [-0.2, -0.15) is 13.2 Å². The minimum atomic E-state index is -4.62. The second-order valence-corrected chi connectivity index (χ2v) is 6.33. The van der Waals surface area contributed by atoms with Crippen LogP contribution in [0.2, 0.25) is 0 Å². The fourth-order valence-corrected chi connectivity index (χ4v) is 3.19. The lowest BCUT2D eigenvalue weighted by Gasteiger charge is -2.17. The molecule has 0 saturated heterocycles. The van der Waals surface area contributed by atoms with Gasteiger partial charge in [0, 0.05) is 0 Å². The second kappa shape index (κ2) is 5.66. The highest BCUT2D eigenvalue weighted by Gasteiger charge is 2.34. The van der Waals surface area contributed by atoms with E-state index in [1.165, 1.54) is 6.92 Å². The molecule has 0 amide bonds. The number of hydrogen-bond acceptors (Lipinski definition) is 3. The number of benzene rings is 1. The zero-order valence-corrected chi connectivity index (χ0v) is 12.3. The smallest absolute Gasteiger partial charge is 0.392 e. The maximum atomic E-state index is 12.8. The molecule has 1 aromatic rings. The van der Waals surface area contributed by atoms with Gasteiger partial charge in [-0.3, -0.25) is 0 Å². The fraction of sp³-hybridized carbons (Fsp3) is 0.364. The van der Waals surface area contributed by atoms with Crippen molar-refractivity contribution in [2.75, 3.05) is 0 Å². The third-order valence-electron chi connectivity index (χ3n) is 2.64. The second-order valence-electron chi connectivity index (χ2n) is 4.17. The first-order valence-electron chi connectivity index (χ1n) is 5.45. The first-order chi connectivity index (χ1) is 8.97. The molecule has 0 aliphatic rings. The van der Waals surface area contributed by atoms with Crippen LogP contribution in [0.1, 0.15) is 18.1 Å². The molecule has 9 heteroatoms. The van der Waals surface area contributed by atoms with Crippen molar-refractivity contribution in [3.05, 3.63) is 29.3 Å². The first kappa shape index (κ1) is 16.9. The van der Waals surface area contributed by atoms with Crippen LogP contribution in [-0.2, 0) is 16.2 Å². The van der Waals surface area contributed by atoms with Crippen molar-refractivity contribution in [3.63, 3.8) is 0 Å². The summed E-state index contributed by atoms with van der Waals surface area (Å²) in [6.45, 7) is 2.51. The van der Waals surface area contributed by atoms with E-state index in [-0.39, 0.29) is 10.6 Å². The Balaban J connectivity index is 3.31. The molecule has 0 spiro atoms. The van der Waals surface area contributed by atoms with Gasteiger partial charge in [-0.25, -0.2) is 13.1 Å². The SMILES string of the molecule is Cc1c(C(F)(F)F)cccc1S(=O)(=O)NC(C)C(N)=S. The number of halogens is 3. The van der Waals surface area contributed by atoms with Crippen LogP contribution in [0.25, 0.3) is 0 Å². The van der Waals surface area contributed by atoms with E-state index in [0.717, 1.165) is 25.1 Å². The van der Waals surface area contributed by atoms with Crippen molar-refractivity contribution < 1.29 is 21.6 Å². The normalized spacial score (nSPS) is 14.1. The third kappa shape index (κ3) is 3.68. The highest BCUT2D eigenvalue weighted by Crippen LogP contribution is 2.34. The van der Waals surface area contributed by atoms with Gasteiger partial charge in [0.15, 0.2) is 0 Å². The van der Waals surface area contributed by atoms with Crippen LogP contribution in [0.3, 0.4) is 0 Å². The molecule has 1 atom stereocenters. The van der Waals surface area contributed by atoms with Gasteiger partial charge in [-0.15, -0.1) is 0 Å². The summed E-state index contributed by atoms with van der Waals surface area (Å²) in [4.78, 5) is -0.548. The van der Waals surface area contributed by atoms with Gasteiger partial charge in [0.25, 0.3) is 0 Å². The third-order valence-corrected chi connectivity index (χ3v) is 4.68. The van der Waals surface area contributed by atoms with Gasteiger partial charge >= 0.3 is 6.18 Å². The summed E-state index contributed by atoms with van der Waals surface area (Å²) in [7, 11) is -4.14. The quantitative estimate of drug-likeness (QED) is 0.830. The van der Waals surface area contributed by atoms with E-state index in [9.17, 15) is 21.6 Å². The van der Waals surface area contributed by atoms with Crippen LogP contribution in [0.15, 0.2) is 23.1 Å². The molecule has 20 heavy (non-hydrogen) atoms. The van der Waals surface area contributed by atoms with Crippen molar-refractivity contribution in [1.82, 2.24) is 4.72 Å². The standard InChI is InChI=1S/C11H13F3N2O2S2/c1-6-8(11(12,13)14)4-3-5-9(6)20(17,18)16-7(2)10(15)19/h3-5,7,16H,1-2H3,(H2,15,19). The maximum absolute atomic E-state index is 12.8. The molecule has 0 saturated carbocycles. The lowest BCUT2D eigenvalue weighted by Crippen LogP contribution is -2.41. The molecule has 0 bridgehead atoms. The number of nitrogens with two attached hydrogens (primary N) is 1. The largest absolute Gasteiger partial charge is 0.416 e. The average Bonchev–Trinajstić information content (AvgIpc) is 2.26. The number of hydrogen-bond donors (Lipinski definition) is 2. The van der Waals surface area contributed by atoms with Crippen molar-refractivity contribution in [1.29, 1.82) is 0 Å². The van der Waals surface area contributed by atoms with Gasteiger partial charge in [0.2, 0.25) is 10.0 Å². The summed E-state index contributed by atoms with van der Waals surface area (Å²) in [6.07, 6.45) is -4.62. The van der Waals surface area contributed by atoms with Crippen LogP contribution >= 0.6 is 12.2 Å². The van der Waals surface area contributed by atoms with E-state index in [4.69, 9.17) is 5.73 Å². The summed E-state index contributed by atoms with van der Waals surface area (Å²) in [6, 6.07) is 2.10. The molecule has 4 nitrogen and oxygen atoms in total. The van der Waals surface area contributed by atoms with Gasteiger partial charge in [0.1, 0.15) is 0 Å². The van der Waals surface area contributed by atoms with Crippen LogP contribution in [0, 0.1) is 6.92 Å². The van der Waals surface area contributed by atoms with Gasteiger partial charge in [-0.1, -0.05) is 18.3 Å². The lowest BCUT2D eigenvalue weighted by molar-refractivity contribution is -0.138. The Morgan fingerprint density at radius 2 is 1.95 bits per heavy atom. The zero-order chi connectivity index (χ0) is 15.7. The van der Waals surface area contributed by atoms with Crippen LogP contribution in [0.5, 0.6) is 0 Å². The highest BCUT2D eigenvalue weighted by atomic mass is 32.2. The molecule has 0 aromatic heterocycles. The average molecular weight is 326 g/mol. The van der Waals surface area contributed by atoms with Gasteiger partial charge in [-0.05, 0) is 31.5 Å². The minimum Gasteiger partial charge on any atom is -0.392 e. The molecular formula is C11H13F3N2O2S2. The summed E-state index contributed by atoms with van der Waals surface area (Å²) in [5.74, 6) is 0. The first-order valence-corrected chi connectivity index (χ1v) is 7.34. The van der Waals surface area contributed by atoms with Crippen molar-refractivity contribution in [3.8, 4) is 0 Å². The maximum Gasteiger partial charge on any atom is 0.416 e. The van der Waals surface area contributed by atoms with Gasteiger partial charge < -0.3 is 5.73 Å². The van der Waals surface area contributed by atoms with Gasteiger partial charge in [0.05, 0.1) is 21.5 Å². The molecule has 3 N–H and O–H groups in total. The fourth-order valence-electron chi connectivity index (χ4n) is 1.57. The number of rotatable bonds is 4. The Bertz CT molecular complexity index is 627. The van der Waals surface area contributed by atoms with Crippen LogP contribution < -0.4 is 10.5 Å². The van der Waals surface area contributed by atoms with Crippen LogP contribution in [0.4, 0.5) is 13.2 Å². The molecule has 1 rings (SSSR count). The Morgan fingerprint density at radius 1 is 1.40 bits per heavy atom. The molecule has 0 aliphatic heterocycles. The molecular weight excluding hydrogens is 313 g/mol. The number of nitrogens with one attached hydrogen (secondary N) is 1. The predicted octanol–water partition coefficient (Wildman–Crippen LogP) is 1.97. The Morgan fingerprint density at radius 3 is 2.40 bits per heavy atom. The summed E-state index contributed by atoms with van der Waals surface area (Å²) < 4.78 is 64.5. The molecule has 112 valence electrons. The Labute approximate surface area is 120 Å². The van der Waals surface area contributed by atoms with Crippen molar-refractivity contribution in [2.45, 2.75) is 31.0 Å². The molecule has 1 unspecified atom stereocenters.